The summed E-state index contributed by atoms with van der Waals surface area (Å²) >= 11 is 4.02. The molecule has 0 radical (unpaired) electrons. The van der Waals surface area contributed by atoms with Crippen molar-refractivity contribution in [3.8, 4) is 5.75 Å². The van der Waals surface area contributed by atoms with Gasteiger partial charge in [-0.15, -0.1) is 0 Å². The second kappa shape index (κ2) is 6.37. The highest BCUT2D eigenvalue weighted by Gasteiger charge is 2.35. The van der Waals surface area contributed by atoms with Gasteiger partial charge in [-0.2, -0.15) is 0 Å². The first-order valence-corrected chi connectivity index (χ1v) is 7.99. The molecule has 3 aromatic carbocycles. The number of rotatable bonds is 4. The molecule has 0 aliphatic rings. The minimum Gasteiger partial charge on any atom is -0.496 e. The van der Waals surface area contributed by atoms with Crippen LogP contribution in [0.5, 0.6) is 5.75 Å². The quantitative estimate of drug-likeness (QED) is 0.452. The molecule has 0 saturated heterocycles. The molecule has 0 N–H and O–H groups in total. The molecular formula is C20H17BrO. The van der Waals surface area contributed by atoms with E-state index in [0.29, 0.717) is 0 Å². The molecule has 0 saturated carbocycles. The van der Waals surface area contributed by atoms with Gasteiger partial charge in [0.15, 0.2) is 0 Å². The standard InChI is InChI=1S/C20H17BrO/c1-22-19-15-9-8-14-18(19)20(21,16-10-4-2-5-11-16)17-12-6-3-7-13-17/h2-15H,1H3. The van der Waals surface area contributed by atoms with Crippen molar-refractivity contribution in [2.24, 2.45) is 0 Å². The number of hydrogen-bond acceptors (Lipinski definition) is 1. The molecule has 22 heavy (non-hydrogen) atoms. The van der Waals surface area contributed by atoms with Crippen LogP contribution in [0, 0.1) is 0 Å². The van der Waals surface area contributed by atoms with Gasteiger partial charge in [0.05, 0.1) is 7.11 Å². The number of ether oxygens (including phenoxy) is 1. The summed E-state index contributed by atoms with van der Waals surface area (Å²) in [5, 5.41) is 0. The van der Waals surface area contributed by atoms with Crippen LogP contribution in [0.3, 0.4) is 0 Å². The van der Waals surface area contributed by atoms with Gasteiger partial charge in [0.25, 0.3) is 0 Å². The largest absolute Gasteiger partial charge is 0.496 e. The van der Waals surface area contributed by atoms with E-state index in [0.717, 1.165) is 11.3 Å². The minimum atomic E-state index is -0.442. The van der Waals surface area contributed by atoms with Gasteiger partial charge in [-0.05, 0) is 17.2 Å². The van der Waals surface area contributed by atoms with Gasteiger partial charge in [-0.1, -0.05) is 94.8 Å². The van der Waals surface area contributed by atoms with Crippen LogP contribution in [0.4, 0.5) is 0 Å². The summed E-state index contributed by atoms with van der Waals surface area (Å²) in [7, 11) is 1.71. The Morgan fingerprint density at radius 1 is 0.682 bits per heavy atom. The lowest BCUT2D eigenvalue weighted by atomic mass is 9.84. The highest BCUT2D eigenvalue weighted by molar-refractivity contribution is 9.10. The molecular weight excluding hydrogens is 336 g/mol. The van der Waals surface area contributed by atoms with E-state index in [1.54, 1.807) is 7.11 Å². The van der Waals surface area contributed by atoms with Crippen molar-refractivity contribution in [2.45, 2.75) is 4.32 Å². The Bertz CT molecular complexity index is 698. The van der Waals surface area contributed by atoms with Crippen molar-refractivity contribution in [3.63, 3.8) is 0 Å². The molecule has 0 atom stereocenters. The van der Waals surface area contributed by atoms with Crippen molar-refractivity contribution < 1.29 is 4.74 Å². The molecule has 0 spiro atoms. The van der Waals surface area contributed by atoms with Crippen LogP contribution in [0.25, 0.3) is 0 Å². The lowest BCUT2D eigenvalue weighted by molar-refractivity contribution is 0.408. The summed E-state index contributed by atoms with van der Waals surface area (Å²) in [5.41, 5.74) is 3.44. The van der Waals surface area contributed by atoms with Gasteiger partial charge >= 0.3 is 0 Å². The average Bonchev–Trinajstić information content (AvgIpc) is 2.62. The molecule has 0 aromatic heterocycles. The summed E-state index contributed by atoms with van der Waals surface area (Å²) in [6, 6.07) is 29.0. The molecule has 0 bridgehead atoms. The zero-order valence-corrected chi connectivity index (χ0v) is 14.0. The van der Waals surface area contributed by atoms with Crippen LogP contribution < -0.4 is 4.74 Å². The molecule has 3 rings (SSSR count). The van der Waals surface area contributed by atoms with Gasteiger partial charge in [0.1, 0.15) is 10.1 Å². The average molecular weight is 353 g/mol. The number of alkyl halides is 1. The molecule has 1 nitrogen and oxygen atoms in total. The normalized spacial score (nSPS) is 11.2. The number of halogens is 1. The second-order valence-electron chi connectivity index (χ2n) is 5.09. The van der Waals surface area contributed by atoms with Crippen molar-refractivity contribution in [3.05, 3.63) is 102 Å². The van der Waals surface area contributed by atoms with Gasteiger partial charge in [-0.3, -0.25) is 0 Å². The first-order chi connectivity index (χ1) is 10.8. The van der Waals surface area contributed by atoms with Crippen LogP contribution in [-0.4, -0.2) is 7.11 Å². The van der Waals surface area contributed by atoms with E-state index in [9.17, 15) is 0 Å². The second-order valence-corrected chi connectivity index (χ2v) is 6.28. The molecule has 0 aliphatic carbocycles. The van der Waals surface area contributed by atoms with E-state index < -0.39 is 4.32 Å². The number of para-hydroxylation sites is 1. The van der Waals surface area contributed by atoms with Gasteiger partial charge in [0.2, 0.25) is 0 Å². The smallest absolute Gasteiger partial charge is 0.124 e. The Morgan fingerprint density at radius 3 is 1.64 bits per heavy atom. The van der Waals surface area contributed by atoms with E-state index in [2.05, 4.69) is 70.5 Å². The molecule has 0 amide bonds. The monoisotopic (exact) mass is 352 g/mol. The first-order valence-electron chi connectivity index (χ1n) is 7.20. The van der Waals surface area contributed by atoms with Crippen molar-refractivity contribution in [2.75, 3.05) is 7.11 Å². The van der Waals surface area contributed by atoms with Crippen LogP contribution in [0.1, 0.15) is 16.7 Å². The molecule has 0 fully saturated rings. The number of methoxy groups -OCH3 is 1. The summed E-state index contributed by atoms with van der Waals surface area (Å²) in [5.74, 6) is 0.868. The third-order valence-corrected chi connectivity index (χ3v) is 5.16. The van der Waals surface area contributed by atoms with Crippen LogP contribution in [-0.2, 0) is 4.32 Å². The summed E-state index contributed by atoms with van der Waals surface area (Å²) in [4.78, 5) is 0. The lowest BCUT2D eigenvalue weighted by Crippen LogP contribution is -2.22. The van der Waals surface area contributed by atoms with Crippen LogP contribution in [0.15, 0.2) is 84.9 Å². The van der Waals surface area contributed by atoms with Crippen LogP contribution >= 0.6 is 15.9 Å². The number of hydrogen-bond donors (Lipinski definition) is 0. The maximum absolute atomic E-state index is 5.60. The van der Waals surface area contributed by atoms with Crippen molar-refractivity contribution in [1.29, 1.82) is 0 Å². The van der Waals surface area contributed by atoms with Gasteiger partial charge < -0.3 is 4.74 Å². The van der Waals surface area contributed by atoms with Crippen LogP contribution in [0.2, 0.25) is 0 Å². The predicted molar refractivity (Wildman–Crippen MR) is 94.7 cm³/mol. The predicted octanol–water partition coefficient (Wildman–Crippen LogP) is 5.38. The molecule has 0 aliphatic heterocycles. The third kappa shape index (κ3) is 2.55. The minimum absolute atomic E-state index is 0.442. The van der Waals surface area contributed by atoms with E-state index >= 15 is 0 Å². The van der Waals surface area contributed by atoms with Gasteiger partial charge in [0, 0.05) is 5.56 Å². The maximum Gasteiger partial charge on any atom is 0.124 e. The Hall–Kier alpha value is -2.06. The fraction of sp³-hybridized carbons (Fsp3) is 0.100. The third-order valence-electron chi connectivity index (χ3n) is 3.82. The van der Waals surface area contributed by atoms with Crippen molar-refractivity contribution >= 4 is 15.9 Å². The molecule has 0 heterocycles. The summed E-state index contributed by atoms with van der Waals surface area (Å²) in [6.45, 7) is 0. The van der Waals surface area contributed by atoms with E-state index in [-0.39, 0.29) is 0 Å². The fourth-order valence-electron chi connectivity index (χ4n) is 2.74. The lowest BCUT2D eigenvalue weighted by Gasteiger charge is -2.31. The zero-order chi connectivity index (χ0) is 15.4. The zero-order valence-electron chi connectivity index (χ0n) is 12.4. The Morgan fingerprint density at radius 2 is 1.14 bits per heavy atom. The van der Waals surface area contributed by atoms with E-state index in [4.69, 9.17) is 4.74 Å². The highest BCUT2D eigenvalue weighted by Crippen LogP contribution is 2.47. The van der Waals surface area contributed by atoms with Crippen molar-refractivity contribution in [1.82, 2.24) is 0 Å². The van der Waals surface area contributed by atoms with E-state index in [1.165, 1.54) is 11.1 Å². The molecule has 110 valence electrons. The Labute approximate surface area is 139 Å². The molecule has 0 unspecified atom stereocenters. The summed E-state index contributed by atoms with van der Waals surface area (Å²) < 4.78 is 5.16. The number of benzene rings is 3. The molecule has 3 aromatic rings. The topological polar surface area (TPSA) is 9.23 Å². The van der Waals surface area contributed by atoms with Gasteiger partial charge in [-0.25, -0.2) is 0 Å². The maximum atomic E-state index is 5.60. The van der Waals surface area contributed by atoms with E-state index in [1.807, 2.05) is 30.3 Å². The Balaban J connectivity index is 2.29. The Kier molecular flexibility index (Phi) is 4.30. The SMILES string of the molecule is COc1ccccc1C(Br)(c1ccccc1)c1ccccc1. The first kappa shape index (κ1) is 14.9. The summed E-state index contributed by atoms with van der Waals surface area (Å²) in [6.07, 6.45) is 0. The fourth-order valence-corrected chi connectivity index (χ4v) is 3.60. The molecule has 2 heteroatoms. The highest BCUT2D eigenvalue weighted by atomic mass is 79.9.